The summed E-state index contributed by atoms with van der Waals surface area (Å²) in [7, 11) is 0. The van der Waals surface area contributed by atoms with Crippen molar-refractivity contribution >= 4 is 0 Å². The molecular formula is C29H36O8. The molecule has 8 heteroatoms. The molecule has 0 aliphatic rings. The summed E-state index contributed by atoms with van der Waals surface area (Å²) in [5, 5.41) is 54.7. The highest BCUT2D eigenvalue weighted by Gasteiger charge is 2.58. The lowest BCUT2D eigenvalue weighted by Gasteiger charge is -2.47. The molecule has 0 unspecified atom stereocenters. The molecule has 0 fully saturated rings. The third kappa shape index (κ3) is 7.91. The first kappa shape index (κ1) is 28.9. The van der Waals surface area contributed by atoms with Crippen LogP contribution in [0.1, 0.15) is 16.7 Å². The third-order valence-electron chi connectivity index (χ3n) is 6.28. The van der Waals surface area contributed by atoms with Crippen molar-refractivity contribution in [3.63, 3.8) is 0 Å². The number of aliphatic hydroxyl groups is 5. The number of ether oxygens (including phenoxy) is 3. The van der Waals surface area contributed by atoms with Crippen molar-refractivity contribution in [3.8, 4) is 0 Å². The Morgan fingerprint density at radius 1 is 0.541 bits per heavy atom. The van der Waals surface area contributed by atoms with Crippen molar-refractivity contribution in [2.24, 2.45) is 0 Å². The summed E-state index contributed by atoms with van der Waals surface area (Å²) < 4.78 is 17.0. The minimum absolute atomic E-state index is 0.0723. The van der Waals surface area contributed by atoms with Crippen LogP contribution in [-0.2, 0) is 34.0 Å². The molecule has 0 saturated heterocycles. The molecule has 37 heavy (non-hydrogen) atoms. The number of rotatable bonds is 16. The van der Waals surface area contributed by atoms with Gasteiger partial charge in [-0.1, -0.05) is 91.0 Å². The van der Waals surface area contributed by atoms with E-state index in [9.17, 15) is 25.5 Å². The maximum Gasteiger partial charge on any atom is 0.149 e. The van der Waals surface area contributed by atoms with Gasteiger partial charge in [-0.3, -0.25) is 0 Å². The summed E-state index contributed by atoms with van der Waals surface area (Å²) in [6.45, 7) is -2.11. The molecule has 0 bridgehead atoms. The van der Waals surface area contributed by atoms with Crippen LogP contribution in [0.15, 0.2) is 91.0 Å². The van der Waals surface area contributed by atoms with E-state index in [1.165, 1.54) is 0 Å². The molecule has 0 amide bonds. The highest BCUT2D eigenvalue weighted by molar-refractivity contribution is 5.16. The summed E-state index contributed by atoms with van der Waals surface area (Å²) in [6, 6.07) is 27.6. The van der Waals surface area contributed by atoms with E-state index in [0.29, 0.717) is 0 Å². The fourth-order valence-corrected chi connectivity index (χ4v) is 3.97. The maximum atomic E-state index is 11.7. The monoisotopic (exact) mass is 512 g/mol. The van der Waals surface area contributed by atoms with Crippen molar-refractivity contribution in [1.82, 2.24) is 0 Å². The number of hydrogen-bond acceptors (Lipinski definition) is 8. The summed E-state index contributed by atoms with van der Waals surface area (Å²) in [6.07, 6.45) is -3.55. The molecule has 200 valence electrons. The molecule has 4 atom stereocenters. The number of benzene rings is 3. The minimum atomic E-state index is -2.50. The van der Waals surface area contributed by atoms with Gasteiger partial charge in [0.05, 0.1) is 46.2 Å². The molecule has 5 N–H and O–H groups in total. The van der Waals surface area contributed by atoms with E-state index in [0.717, 1.165) is 16.7 Å². The fourth-order valence-electron chi connectivity index (χ4n) is 3.97. The molecule has 3 aromatic rings. The first-order valence-corrected chi connectivity index (χ1v) is 12.2. The van der Waals surface area contributed by atoms with Crippen molar-refractivity contribution in [1.29, 1.82) is 0 Å². The van der Waals surface area contributed by atoms with Gasteiger partial charge in [0.15, 0.2) is 0 Å². The van der Waals surface area contributed by atoms with Crippen LogP contribution < -0.4 is 0 Å². The van der Waals surface area contributed by atoms with E-state index in [1.807, 2.05) is 91.0 Å². The van der Waals surface area contributed by atoms with Crippen LogP contribution in [0, 0.1) is 0 Å². The zero-order valence-electron chi connectivity index (χ0n) is 20.7. The Balaban J connectivity index is 1.77. The summed E-state index contributed by atoms with van der Waals surface area (Å²) in [5.41, 5.74) is -2.49. The predicted molar refractivity (Wildman–Crippen MR) is 137 cm³/mol. The van der Waals surface area contributed by atoms with Gasteiger partial charge >= 0.3 is 0 Å². The van der Waals surface area contributed by atoms with Crippen molar-refractivity contribution in [2.45, 2.75) is 43.2 Å². The van der Waals surface area contributed by atoms with Gasteiger partial charge in [0.1, 0.15) is 23.4 Å². The summed E-state index contributed by atoms with van der Waals surface area (Å²) >= 11 is 0. The van der Waals surface area contributed by atoms with Gasteiger partial charge in [-0.2, -0.15) is 0 Å². The first-order valence-electron chi connectivity index (χ1n) is 12.2. The van der Waals surface area contributed by atoms with Crippen LogP contribution in [0.3, 0.4) is 0 Å². The second kappa shape index (κ2) is 14.3. The number of aliphatic hydroxyl groups excluding tert-OH is 3. The zero-order valence-corrected chi connectivity index (χ0v) is 20.7. The van der Waals surface area contributed by atoms with Gasteiger partial charge in [-0.15, -0.1) is 0 Å². The summed E-state index contributed by atoms with van der Waals surface area (Å²) in [5.74, 6) is 0. The second-order valence-electron chi connectivity index (χ2n) is 9.02. The first-order chi connectivity index (χ1) is 17.9. The van der Waals surface area contributed by atoms with Crippen LogP contribution in [0.4, 0.5) is 0 Å². The van der Waals surface area contributed by atoms with Crippen LogP contribution in [0.25, 0.3) is 0 Å². The van der Waals surface area contributed by atoms with E-state index in [1.54, 1.807) is 0 Å². The fraction of sp³-hybridized carbons (Fsp3) is 0.379. The Bertz CT molecular complexity index is 1020. The average Bonchev–Trinajstić information content (AvgIpc) is 2.94. The topological polar surface area (TPSA) is 129 Å². The van der Waals surface area contributed by atoms with Gasteiger partial charge in [-0.25, -0.2) is 0 Å². The average molecular weight is 513 g/mol. The Labute approximate surface area is 217 Å². The Kier molecular flexibility index (Phi) is 11.2. The Morgan fingerprint density at radius 2 is 0.892 bits per heavy atom. The van der Waals surface area contributed by atoms with E-state index in [4.69, 9.17) is 14.2 Å². The molecule has 0 aliphatic carbocycles. The third-order valence-corrected chi connectivity index (χ3v) is 6.28. The van der Waals surface area contributed by atoms with E-state index in [2.05, 4.69) is 0 Å². The molecule has 0 saturated carbocycles. The standard InChI is InChI=1S/C29H36O8/c30-16-26(31)28(33,21-36-18-24-12-6-2-7-13-24)29(34,22-37-19-25-14-8-3-9-15-25)27(32)20-35-17-23-10-4-1-5-11-23/h1-15,26-27,30-34H,16-22H2/t26-,27+,28-,29+/m1/s1. The molecule has 0 aliphatic heterocycles. The zero-order chi connectivity index (χ0) is 26.6. The normalized spacial score (nSPS) is 16.5. The minimum Gasteiger partial charge on any atom is -0.394 e. The molecule has 0 radical (unpaired) electrons. The lowest BCUT2D eigenvalue weighted by molar-refractivity contribution is -0.283. The van der Waals surface area contributed by atoms with Crippen LogP contribution in [0.5, 0.6) is 0 Å². The largest absolute Gasteiger partial charge is 0.394 e. The second-order valence-corrected chi connectivity index (χ2v) is 9.02. The maximum absolute atomic E-state index is 11.7. The van der Waals surface area contributed by atoms with Gasteiger partial charge in [-0.05, 0) is 16.7 Å². The molecule has 0 aromatic heterocycles. The Morgan fingerprint density at radius 3 is 1.27 bits per heavy atom. The van der Waals surface area contributed by atoms with Crippen LogP contribution >= 0.6 is 0 Å². The van der Waals surface area contributed by atoms with Crippen LogP contribution in [-0.4, -0.2) is 75.4 Å². The van der Waals surface area contributed by atoms with E-state index >= 15 is 0 Å². The highest BCUT2D eigenvalue weighted by atomic mass is 16.5. The van der Waals surface area contributed by atoms with Crippen molar-refractivity contribution < 1.29 is 39.7 Å². The lowest BCUT2D eigenvalue weighted by atomic mass is 9.75. The van der Waals surface area contributed by atoms with Crippen molar-refractivity contribution in [3.05, 3.63) is 108 Å². The molecule has 8 nitrogen and oxygen atoms in total. The molecule has 3 aromatic carbocycles. The quantitative estimate of drug-likeness (QED) is 0.197. The van der Waals surface area contributed by atoms with Crippen molar-refractivity contribution in [2.75, 3.05) is 26.4 Å². The SMILES string of the molecule is OC[C@@H](O)[C@](O)(COCc1ccccc1)[C@](O)(COCc1ccccc1)[C@@H](O)COCc1ccccc1. The molecule has 3 rings (SSSR count). The number of hydrogen-bond donors (Lipinski definition) is 5. The van der Waals surface area contributed by atoms with Gasteiger partial charge in [0.25, 0.3) is 0 Å². The van der Waals surface area contributed by atoms with Gasteiger partial charge in [0, 0.05) is 0 Å². The molecule has 0 heterocycles. The van der Waals surface area contributed by atoms with Gasteiger partial charge < -0.3 is 39.7 Å². The smallest absolute Gasteiger partial charge is 0.149 e. The molecule has 0 spiro atoms. The Hall–Kier alpha value is -2.66. The molecular weight excluding hydrogens is 476 g/mol. The van der Waals surface area contributed by atoms with E-state index in [-0.39, 0.29) is 26.4 Å². The lowest BCUT2D eigenvalue weighted by Crippen LogP contribution is -2.72. The highest BCUT2D eigenvalue weighted by Crippen LogP contribution is 2.32. The van der Waals surface area contributed by atoms with Crippen LogP contribution in [0.2, 0.25) is 0 Å². The summed E-state index contributed by atoms with van der Waals surface area (Å²) in [4.78, 5) is 0. The van der Waals surface area contributed by atoms with Gasteiger partial charge in [0.2, 0.25) is 0 Å². The van der Waals surface area contributed by atoms with E-state index < -0.39 is 43.2 Å². The predicted octanol–water partition coefficient (Wildman–Crippen LogP) is 1.81.